The molecule has 1 aromatic rings. The van der Waals surface area contributed by atoms with Crippen LogP contribution in [0.4, 0.5) is 0 Å². The van der Waals surface area contributed by atoms with Crippen LogP contribution in [-0.2, 0) is 6.42 Å². The minimum Gasteiger partial charge on any atom is -0.404 e. The summed E-state index contributed by atoms with van der Waals surface area (Å²) >= 11 is 0. The van der Waals surface area contributed by atoms with Gasteiger partial charge in [0.25, 0.3) is 0 Å². The van der Waals surface area contributed by atoms with E-state index in [1.807, 2.05) is 27.0 Å². The predicted molar refractivity (Wildman–Crippen MR) is 108 cm³/mol. The average Bonchev–Trinajstić information content (AvgIpc) is 2.56. The number of aliphatic imine (C=N–C) groups is 2. The maximum Gasteiger partial charge on any atom is 0.0696 e. The Morgan fingerprint density at radius 3 is 2.42 bits per heavy atom. The van der Waals surface area contributed by atoms with Gasteiger partial charge in [-0.05, 0) is 70.4 Å². The fourth-order valence-electron chi connectivity index (χ4n) is 2.60. The first-order valence-corrected chi connectivity index (χ1v) is 8.65. The van der Waals surface area contributed by atoms with Crippen molar-refractivity contribution in [3.63, 3.8) is 0 Å². The molecule has 0 aromatic heterocycles. The van der Waals surface area contributed by atoms with Gasteiger partial charge in [0.15, 0.2) is 0 Å². The minimum atomic E-state index is 0.753. The molecule has 1 rings (SSSR count). The molecule has 0 radical (unpaired) electrons. The van der Waals surface area contributed by atoms with Gasteiger partial charge in [-0.25, -0.2) is 0 Å². The van der Waals surface area contributed by atoms with Crippen molar-refractivity contribution < 1.29 is 0 Å². The van der Waals surface area contributed by atoms with Crippen LogP contribution in [0.5, 0.6) is 0 Å². The monoisotopic (exact) mass is 325 g/mol. The average molecular weight is 326 g/mol. The van der Waals surface area contributed by atoms with E-state index in [1.54, 1.807) is 6.20 Å². The molecule has 1 aromatic carbocycles. The molecule has 0 heterocycles. The number of nitrogens with two attached hydrogens (primary N) is 1. The molecule has 0 atom stereocenters. The Hall–Kier alpha value is -2.16. The Balaban J connectivity index is 3.40. The van der Waals surface area contributed by atoms with E-state index in [0.717, 1.165) is 36.4 Å². The third-order valence-electron chi connectivity index (χ3n) is 3.76. The van der Waals surface area contributed by atoms with E-state index in [9.17, 15) is 0 Å². The standard InChI is InChI=1S/C21H31N3/c1-7-19-11-16(5)9-10-20(19)21(24-15(3)4)17(6)12-18(13-22)14-23-8-2/h9-11,13-14H,7-8,12,22H2,1-6H3/b18-13?,21-17+,23-14?. The summed E-state index contributed by atoms with van der Waals surface area (Å²) in [5.41, 5.74) is 13.9. The van der Waals surface area contributed by atoms with Crippen molar-refractivity contribution >= 4 is 17.6 Å². The molecule has 0 aliphatic heterocycles. The Morgan fingerprint density at radius 1 is 1.17 bits per heavy atom. The van der Waals surface area contributed by atoms with Gasteiger partial charge in [-0.3, -0.25) is 9.98 Å². The maximum absolute atomic E-state index is 5.77. The molecule has 24 heavy (non-hydrogen) atoms. The fraction of sp³-hybridized carbons (Fsp3) is 0.429. The summed E-state index contributed by atoms with van der Waals surface area (Å²) in [6.07, 6.45) is 5.24. The van der Waals surface area contributed by atoms with E-state index < -0.39 is 0 Å². The molecule has 0 spiro atoms. The number of allylic oxidation sites excluding steroid dienone is 2. The highest BCUT2D eigenvalue weighted by molar-refractivity contribution is 5.88. The van der Waals surface area contributed by atoms with Crippen LogP contribution in [0.15, 0.2) is 45.5 Å². The summed E-state index contributed by atoms with van der Waals surface area (Å²) in [6.45, 7) is 13.3. The smallest absolute Gasteiger partial charge is 0.0696 e. The van der Waals surface area contributed by atoms with Crippen molar-refractivity contribution in [3.8, 4) is 0 Å². The van der Waals surface area contributed by atoms with Crippen LogP contribution in [-0.4, -0.2) is 18.5 Å². The molecule has 0 bridgehead atoms. The second-order valence-electron chi connectivity index (χ2n) is 6.25. The van der Waals surface area contributed by atoms with Crippen LogP contribution in [0.25, 0.3) is 5.70 Å². The molecule has 2 N–H and O–H groups in total. The normalized spacial score (nSPS) is 13.2. The van der Waals surface area contributed by atoms with Crippen molar-refractivity contribution in [2.75, 3.05) is 6.54 Å². The van der Waals surface area contributed by atoms with Crippen molar-refractivity contribution in [1.29, 1.82) is 0 Å². The number of rotatable bonds is 7. The quantitative estimate of drug-likeness (QED) is 0.697. The molecule has 0 amide bonds. The first-order valence-electron chi connectivity index (χ1n) is 8.65. The summed E-state index contributed by atoms with van der Waals surface area (Å²) < 4.78 is 0. The zero-order valence-electron chi connectivity index (χ0n) is 16.0. The number of nitrogens with zero attached hydrogens (tertiary/aromatic N) is 2. The van der Waals surface area contributed by atoms with Crippen LogP contribution in [0, 0.1) is 6.92 Å². The van der Waals surface area contributed by atoms with E-state index >= 15 is 0 Å². The van der Waals surface area contributed by atoms with Gasteiger partial charge in [0.2, 0.25) is 0 Å². The first-order chi connectivity index (χ1) is 11.4. The van der Waals surface area contributed by atoms with Crippen LogP contribution >= 0.6 is 0 Å². The van der Waals surface area contributed by atoms with Gasteiger partial charge in [-0.2, -0.15) is 0 Å². The zero-order chi connectivity index (χ0) is 18.1. The van der Waals surface area contributed by atoms with E-state index in [2.05, 4.69) is 44.0 Å². The van der Waals surface area contributed by atoms with Crippen LogP contribution in [0.2, 0.25) is 0 Å². The lowest BCUT2D eigenvalue weighted by molar-refractivity contribution is 1.09. The molecule has 0 fully saturated rings. The number of hydrogen-bond acceptors (Lipinski definition) is 3. The van der Waals surface area contributed by atoms with Gasteiger partial charge in [0.1, 0.15) is 0 Å². The third-order valence-corrected chi connectivity index (χ3v) is 3.76. The van der Waals surface area contributed by atoms with Gasteiger partial charge in [-0.1, -0.05) is 30.7 Å². The zero-order valence-corrected chi connectivity index (χ0v) is 16.0. The van der Waals surface area contributed by atoms with Crippen molar-refractivity contribution in [1.82, 2.24) is 0 Å². The summed E-state index contributed by atoms with van der Waals surface area (Å²) in [7, 11) is 0. The molecule has 0 saturated heterocycles. The van der Waals surface area contributed by atoms with E-state index in [1.165, 1.54) is 22.3 Å². The third kappa shape index (κ3) is 5.80. The van der Waals surface area contributed by atoms with Crippen LogP contribution in [0.1, 0.15) is 57.7 Å². The number of hydrogen-bond donors (Lipinski definition) is 1. The molecule has 3 heteroatoms. The van der Waals surface area contributed by atoms with E-state index in [-0.39, 0.29) is 0 Å². The summed E-state index contributed by atoms with van der Waals surface area (Å²) in [5, 5.41) is 0. The molecular formula is C21H31N3. The highest BCUT2D eigenvalue weighted by Crippen LogP contribution is 2.28. The summed E-state index contributed by atoms with van der Waals surface area (Å²) in [5.74, 6) is 0. The van der Waals surface area contributed by atoms with Crippen molar-refractivity contribution in [2.24, 2.45) is 15.7 Å². The Morgan fingerprint density at radius 2 is 1.88 bits per heavy atom. The van der Waals surface area contributed by atoms with Crippen LogP contribution < -0.4 is 5.73 Å². The van der Waals surface area contributed by atoms with E-state index in [4.69, 9.17) is 10.7 Å². The second-order valence-corrected chi connectivity index (χ2v) is 6.25. The summed E-state index contributed by atoms with van der Waals surface area (Å²) in [4.78, 5) is 9.14. The lowest BCUT2D eigenvalue weighted by Gasteiger charge is -2.14. The first kappa shape index (κ1) is 19.9. The highest BCUT2D eigenvalue weighted by Gasteiger charge is 2.11. The van der Waals surface area contributed by atoms with Gasteiger partial charge in [-0.15, -0.1) is 0 Å². The Kier molecular flexibility index (Phi) is 8.17. The molecule has 0 saturated carbocycles. The highest BCUT2D eigenvalue weighted by atomic mass is 14.8. The minimum absolute atomic E-state index is 0.753. The second kappa shape index (κ2) is 9.86. The van der Waals surface area contributed by atoms with Gasteiger partial charge in [0, 0.05) is 24.0 Å². The van der Waals surface area contributed by atoms with Crippen LogP contribution in [0.3, 0.4) is 0 Å². The molecule has 0 aliphatic carbocycles. The SMILES string of the molecule is CCN=CC(=CN)C/C(C)=C(/N=C(C)C)c1ccc(C)cc1CC. The molecule has 0 unspecified atom stereocenters. The number of aryl methyl sites for hydroxylation is 2. The molecular weight excluding hydrogens is 294 g/mol. The maximum atomic E-state index is 5.77. The van der Waals surface area contributed by atoms with E-state index in [0.29, 0.717) is 0 Å². The van der Waals surface area contributed by atoms with Crippen molar-refractivity contribution in [2.45, 2.75) is 54.4 Å². The lowest BCUT2D eigenvalue weighted by Crippen LogP contribution is -1.99. The topological polar surface area (TPSA) is 50.7 Å². The lowest BCUT2D eigenvalue weighted by atomic mass is 9.95. The fourth-order valence-corrected chi connectivity index (χ4v) is 2.60. The van der Waals surface area contributed by atoms with Gasteiger partial charge in [0.05, 0.1) is 5.70 Å². The predicted octanol–water partition coefficient (Wildman–Crippen LogP) is 5.09. The van der Waals surface area contributed by atoms with Gasteiger partial charge < -0.3 is 5.73 Å². The van der Waals surface area contributed by atoms with Crippen molar-refractivity contribution in [3.05, 3.63) is 52.2 Å². The Labute approximate surface area is 147 Å². The molecule has 0 aliphatic rings. The molecule has 130 valence electrons. The van der Waals surface area contributed by atoms with Gasteiger partial charge >= 0.3 is 0 Å². The Bertz CT molecular complexity index is 672. The number of benzene rings is 1. The largest absolute Gasteiger partial charge is 0.404 e. The summed E-state index contributed by atoms with van der Waals surface area (Å²) in [6, 6.07) is 6.59. The molecule has 3 nitrogen and oxygen atoms in total.